The predicted octanol–water partition coefficient (Wildman–Crippen LogP) is 7.24. The van der Waals surface area contributed by atoms with Gasteiger partial charge in [0.25, 0.3) is 0 Å². The molecule has 1 fully saturated rings. The molecule has 40 heavy (non-hydrogen) atoms. The number of likely N-dealkylation sites (tertiary alicyclic amines) is 1. The molecule has 0 radical (unpaired) electrons. The van der Waals surface area contributed by atoms with Crippen molar-refractivity contribution in [2.24, 2.45) is 5.92 Å². The van der Waals surface area contributed by atoms with Gasteiger partial charge in [-0.3, -0.25) is 9.69 Å². The number of amides is 1. The zero-order valence-corrected chi connectivity index (χ0v) is 26.4. The van der Waals surface area contributed by atoms with E-state index in [4.69, 9.17) is 18.9 Å². The van der Waals surface area contributed by atoms with Crippen LogP contribution in [0.2, 0.25) is 0 Å². The molecule has 1 heterocycles. The number of esters is 1. The van der Waals surface area contributed by atoms with Crippen molar-refractivity contribution in [3.05, 3.63) is 0 Å². The molecule has 2 unspecified atom stereocenters. The maximum atomic E-state index is 12.4. The summed E-state index contributed by atoms with van der Waals surface area (Å²) in [6.07, 6.45) is 16.8. The zero-order valence-electron chi connectivity index (χ0n) is 26.4. The topological polar surface area (TPSA) is 86.3 Å². The number of unbranched alkanes of at least 4 members (excludes halogenated alkanes) is 10. The maximum absolute atomic E-state index is 12.4. The highest BCUT2D eigenvalue weighted by molar-refractivity contribution is 5.69. The summed E-state index contributed by atoms with van der Waals surface area (Å²) in [6, 6.07) is 0.393. The van der Waals surface area contributed by atoms with Crippen molar-refractivity contribution >= 4 is 12.1 Å². The molecule has 0 aromatic carbocycles. The first kappa shape index (κ1) is 36.6. The van der Waals surface area contributed by atoms with Crippen LogP contribution in [0.4, 0.5) is 4.79 Å². The first-order valence-corrected chi connectivity index (χ1v) is 16.5. The van der Waals surface area contributed by atoms with Crippen molar-refractivity contribution in [1.29, 1.82) is 0 Å². The average molecular weight is 571 g/mol. The van der Waals surface area contributed by atoms with Crippen LogP contribution in [0.25, 0.3) is 0 Å². The van der Waals surface area contributed by atoms with Crippen molar-refractivity contribution in [2.45, 2.75) is 143 Å². The highest BCUT2D eigenvalue weighted by atomic mass is 16.7. The number of ether oxygens (including phenoxy) is 4. The third-order valence-corrected chi connectivity index (χ3v) is 7.60. The first-order chi connectivity index (χ1) is 19.5. The molecular formula is C32H62N2O6. The lowest BCUT2D eigenvalue weighted by Gasteiger charge is -2.22. The van der Waals surface area contributed by atoms with Gasteiger partial charge >= 0.3 is 12.1 Å². The number of alkyl carbamates (subject to hydrolysis) is 1. The van der Waals surface area contributed by atoms with Crippen molar-refractivity contribution in [3.8, 4) is 0 Å². The Balaban J connectivity index is 2.23. The number of carbonyl (C=O) groups is 2. The number of rotatable bonds is 26. The summed E-state index contributed by atoms with van der Waals surface area (Å²) in [5.74, 6) is -0.342. The van der Waals surface area contributed by atoms with Gasteiger partial charge < -0.3 is 24.3 Å². The Kier molecular flexibility index (Phi) is 23.2. The molecule has 8 nitrogen and oxygen atoms in total. The lowest BCUT2D eigenvalue weighted by molar-refractivity contribution is -0.160. The van der Waals surface area contributed by atoms with E-state index in [1.165, 1.54) is 70.6 Å². The smallest absolute Gasteiger partial charge is 0.407 e. The minimum Gasteiger partial charge on any atom is -0.465 e. The fraction of sp³-hybridized carbons (Fsp3) is 0.938. The SMILES string of the molecule is CCCCCCCCOC(CCC(=O)OCC(C)COC(=O)NCC1CCCN1CC)OCCCCCCCC. The Morgan fingerprint density at radius 1 is 0.825 bits per heavy atom. The van der Waals surface area contributed by atoms with Gasteiger partial charge in [-0.2, -0.15) is 0 Å². The van der Waals surface area contributed by atoms with E-state index in [1.54, 1.807) is 0 Å². The lowest BCUT2D eigenvalue weighted by Crippen LogP contribution is -2.40. The van der Waals surface area contributed by atoms with Crippen LogP contribution in [0.1, 0.15) is 130 Å². The molecule has 2 atom stereocenters. The van der Waals surface area contributed by atoms with Crippen LogP contribution >= 0.6 is 0 Å². The minimum atomic E-state index is -0.408. The number of hydrogen-bond acceptors (Lipinski definition) is 7. The van der Waals surface area contributed by atoms with E-state index in [1.807, 2.05) is 6.92 Å². The van der Waals surface area contributed by atoms with E-state index in [0.29, 0.717) is 32.2 Å². The number of likely N-dealkylation sites (N-methyl/N-ethyl adjacent to an activating group) is 1. The maximum Gasteiger partial charge on any atom is 0.407 e. The number of nitrogens with one attached hydrogen (secondary N) is 1. The highest BCUT2D eigenvalue weighted by Crippen LogP contribution is 2.16. The Morgan fingerprint density at radius 3 is 2.00 bits per heavy atom. The van der Waals surface area contributed by atoms with Gasteiger partial charge in [0.15, 0.2) is 6.29 Å². The van der Waals surface area contributed by atoms with Gasteiger partial charge in [0.2, 0.25) is 0 Å². The molecule has 0 aliphatic carbocycles. The highest BCUT2D eigenvalue weighted by Gasteiger charge is 2.23. The van der Waals surface area contributed by atoms with Crippen LogP contribution in [-0.2, 0) is 23.7 Å². The molecule has 1 aliphatic heterocycles. The largest absolute Gasteiger partial charge is 0.465 e. The summed E-state index contributed by atoms with van der Waals surface area (Å²) >= 11 is 0. The van der Waals surface area contributed by atoms with Gasteiger partial charge in [-0.05, 0) is 38.8 Å². The molecule has 1 saturated heterocycles. The third kappa shape index (κ3) is 19.7. The summed E-state index contributed by atoms with van der Waals surface area (Å²) < 4.78 is 22.8. The van der Waals surface area contributed by atoms with Crippen molar-refractivity contribution in [3.63, 3.8) is 0 Å². The molecule has 8 heteroatoms. The van der Waals surface area contributed by atoms with E-state index in [9.17, 15) is 9.59 Å². The van der Waals surface area contributed by atoms with Crippen LogP contribution < -0.4 is 5.32 Å². The first-order valence-electron chi connectivity index (χ1n) is 16.5. The third-order valence-electron chi connectivity index (χ3n) is 7.60. The van der Waals surface area contributed by atoms with Crippen LogP contribution in [0.15, 0.2) is 0 Å². The molecule has 1 rings (SSSR count). The van der Waals surface area contributed by atoms with Gasteiger partial charge in [0.1, 0.15) is 0 Å². The number of nitrogens with zero attached hydrogens (tertiary/aromatic N) is 1. The van der Waals surface area contributed by atoms with Gasteiger partial charge in [-0.1, -0.05) is 91.9 Å². The van der Waals surface area contributed by atoms with E-state index in [-0.39, 0.29) is 37.8 Å². The van der Waals surface area contributed by atoms with E-state index in [0.717, 1.165) is 32.4 Å². The summed E-state index contributed by atoms with van der Waals surface area (Å²) in [5, 5.41) is 2.87. The number of hydrogen-bond donors (Lipinski definition) is 1. The molecule has 236 valence electrons. The molecule has 1 aliphatic rings. The van der Waals surface area contributed by atoms with Crippen LogP contribution in [0, 0.1) is 5.92 Å². The fourth-order valence-electron chi connectivity index (χ4n) is 5.01. The van der Waals surface area contributed by atoms with E-state index >= 15 is 0 Å². The standard InChI is InChI=1S/C32H62N2O6/c1-5-8-10-12-14-16-23-37-31(38-24-17-15-13-11-9-6-2)21-20-30(35)39-26-28(4)27-40-32(36)33-25-29-19-18-22-34(29)7-3/h28-29,31H,5-27H2,1-4H3,(H,33,36). The van der Waals surface area contributed by atoms with Crippen molar-refractivity contribution in [2.75, 3.05) is 46.1 Å². The van der Waals surface area contributed by atoms with Gasteiger partial charge in [-0.15, -0.1) is 0 Å². The van der Waals surface area contributed by atoms with E-state index in [2.05, 4.69) is 31.0 Å². The second-order valence-corrected chi connectivity index (χ2v) is 11.4. The molecule has 1 N–H and O–H groups in total. The summed E-state index contributed by atoms with van der Waals surface area (Å²) in [7, 11) is 0. The molecular weight excluding hydrogens is 508 g/mol. The molecule has 1 amide bonds. The summed E-state index contributed by atoms with van der Waals surface area (Å²) in [5.41, 5.74) is 0. The van der Waals surface area contributed by atoms with Gasteiger partial charge in [0.05, 0.1) is 19.6 Å². The second-order valence-electron chi connectivity index (χ2n) is 11.4. The van der Waals surface area contributed by atoms with Crippen molar-refractivity contribution < 1.29 is 28.5 Å². The molecule has 0 saturated carbocycles. The molecule has 0 aromatic rings. The normalized spacial score (nSPS) is 16.4. The minimum absolute atomic E-state index is 0.0722. The lowest BCUT2D eigenvalue weighted by atomic mass is 10.1. The Morgan fingerprint density at radius 2 is 1.40 bits per heavy atom. The van der Waals surface area contributed by atoms with Crippen LogP contribution in [0.5, 0.6) is 0 Å². The Labute approximate surface area is 245 Å². The Bertz CT molecular complexity index is 602. The van der Waals surface area contributed by atoms with Gasteiger partial charge in [0, 0.05) is 38.1 Å². The Hall–Kier alpha value is -1.38. The monoisotopic (exact) mass is 570 g/mol. The molecule has 0 spiro atoms. The summed E-state index contributed by atoms with van der Waals surface area (Å²) in [6.45, 7) is 13.0. The van der Waals surface area contributed by atoms with Crippen LogP contribution in [-0.4, -0.2) is 75.4 Å². The average Bonchev–Trinajstić information content (AvgIpc) is 3.42. The van der Waals surface area contributed by atoms with Crippen molar-refractivity contribution in [1.82, 2.24) is 10.2 Å². The quantitative estimate of drug-likeness (QED) is 0.0666. The zero-order chi connectivity index (χ0) is 29.3. The number of carbonyl (C=O) groups excluding carboxylic acids is 2. The second kappa shape index (κ2) is 25.3. The fourth-order valence-corrected chi connectivity index (χ4v) is 5.01. The van der Waals surface area contributed by atoms with Gasteiger partial charge in [-0.25, -0.2) is 4.79 Å². The van der Waals surface area contributed by atoms with Crippen LogP contribution in [0.3, 0.4) is 0 Å². The predicted molar refractivity (Wildman–Crippen MR) is 161 cm³/mol. The van der Waals surface area contributed by atoms with E-state index < -0.39 is 6.09 Å². The summed E-state index contributed by atoms with van der Waals surface area (Å²) in [4.78, 5) is 26.9. The molecule has 0 aromatic heterocycles. The molecule has 0 bridgehead atoms.